The van der Waals surface area contributed by atoms with Gasteiger partial charge < -0.3 is 5.11 Å². The van der Waals surface area contributed by atoms with Crippen molar-refractivity contribution in [3.8, 4) is 22.3 Å². The largest absolute Gasteiger partial charge is 0.508 e. The summed E-state index contributed by atoms with van der Waals surface area (Å²) in [5, 5.41) is 20.7. The number of hydrogen-bond donors (Lipinski definition) is 1. The Balaban J connectivity index is 1.92. The van der Waals surface area contributed by atoms with Crippen LogP contribution in [0, 0.1) is 10.7 Å². The summed E-state index contributed by atoms with van der Waals surface area (Å²) in [6, 6.07) is 25.5. The molecular weight excluding hydrogens is 302 g/mol. The van der Waals surface area contributed by atoms with Crippen LogP contribution >= 0.6 is 11.8 Å². The smallest absolute Gasteiger partial charge is 0.134 e. The van der Waals surface area contributed by atoms with Gasteiger partial charge in [0.2, 0.25) is 0 Å². The molecular formula is C20H15NOS. The summed E-state index contributed by atoms with van der Waals surface area (Å²) < 4.78 is 0. The van der Waals surface area contributed by atoms with Crippen LogP contribution in [0.4, 0.5) is 0 Å². The first-order chi connectivity index (χ1) is 11.3. The molecule has 0 saturated heterocycles. The summed E-state index contributed by atoms with van der Waals surface area (Å²) in [4.78, 5) is 0. The lowest BCUT2D eigenvalue weighted by Gasteiger charge is -2.14. The van der Waals surface area contributed by atoms with Gasteiger partial charge in [0.25, 0.3) is 0 Å². The van der Waals surface area contributed by atoms with E-state index in [1.165, 1.54) is 17.3 Å². The van der Waals surface area contributed by atoms with E-state index in [0.29, 0.717) is 0 Å². The fraction of sp³-hybridized carbons (Fsp3) is 0.0500. The Hall–Kier alpha value is -2.70. The first-order valence-electron chi connectivity index (χ1n) is 7.27. The van der Waals surface area contributed by atoms with Crippen molar-refractivity contribution in [2.24, 2.45) is 0 Å². The molecule has 0 amide bonds. The molecule has 0 fully saturated rings. The number of aromatic hydroxyl groups is 1. The van der Waals surface area contributed by atoms with Crippen LogP contribution in [0.1, 0.15) is 16.4 Å². The van der Waals surface area contributed by atoms with Gasteiger partial charge in [0, 0.05) is 0 Å². The zero-order valence-corrected chi connectivity index (χ0v) is 13.2. The van der Waals surface area contributed by atoms with Crippen molar-refractivity contribution in [1.29, 1.82) is 5.26 Å². The van der Waals surface area contributed by atoms with E-state index in [-0.39, 0.29) is 11.0 Å². The quantitative estimate of drug-likeness (QED) is 0.658. The highest BCUT2D eigenvalue weighted by Gasteiger charge is 2.15. The van der Waals surface area contributed by atoms with E-state index in [2.05, 4.69) is 41.8 Å². The van der Waals surface area contributed by atoms with Crippen LogP contribution in [-0.2, 0) is 0 Å². The lowest BCUT2D eigenvalue weighted by atomic mass is 10.00. The molecule has 3 heteroatoms. The third kappa shape index (κ3) is 3.56. The summed E-state index contributed by atoms with van der Waals surface area (Å²) >= 11 is 1.21. The Morgan fingerprint density at radius 2 is 1.26 bits per heavy atom. The average molecular weight is 317 g/mol. The molecule has 3 rings (SSSR count). The minimum Gasteiger partial charge on any atom is -0.508 e. The number of rotatable bonds is 4. The molecule has 0 radical (unpaired) electrons. The first-order valence-corrected chi connectivity index (χ1v) is 8.15. The van der Waals surface area contributed by atoms with Gasteiger partial charge in [0.1, 0.15) is 11.2 Å². The number of thiocyanates is 1. The molecule has 1 N–H and O–H groups in total. The van der Waals surface area contributed by atoms with Crippen molar-refractivity contribution in [2.45, 2.75) is 5.25 Å². The molecule has 112 valence electrons. The van der Waals surface area contributed by atoms with Gasteiger partial charge in [0.05, 0.1) is 5.25 Å². The Bertz CT molecular complexity index is 805. The lowest BCUT2D eigenvalue weighted by Crippen LogP contribution is -1.95. The van der Waals surface area contributed by atoms with Gasteiger partial charge in [-0.05, 0) is 46.1 Å². The van der Waals surface area contributed by atoms with Crippen LogP contribution in [0.25, 0.3) is 11.1 Å². The van der Waals surface area contributed by atoms with Crippen LogP contribution in [0.5, 0.6) is 5.75 Å². The Kier molecular flexibility index (Phi) is 4.65. The molecule has 0 aliphatic heterocycles. The zero-order chi connectivity index (χ0) is 16.1. The van der Waals surface area contributed by atoms with Crippen LogP contribution in [0.15, 0.2) is 78.9 Å². The Morgan fingerprint density at radius 1 is 0.739 bits per heavy atom. The highest BCUT2D eigenvalue weighted by atomic mass is 32.2. The van der Waals surface area contributed by atoms with E-state index in [9.17, 15) is 5.11 Å². The van der Waals surface area contributed by atoms with Crippen molar-refractivity contribution in [2.75, 3.05) is 0 Å². The monoisotopic (exact) mass is 317 g/mol. The normalized spacial score (nSPS) is 11.6. The molecule has 1 atom stereocenters. The van der Waals surface area contributed by atoms with Gasteiger partial charge in [-0.15, -0.1) is 0 Å². The van der Waals surface area contributed by atoms with E-state index in [0.717, 1.165) is 16.7 Å². The second kappa shape index (κ2) is 7.04. The van der Waals surface area contributed by atoms with Crippen LogP contribution < -0.4 is 0 Å². The SMILES string of the molecule is N#CSC(c1ccc(O)cc1)c1ccc(-c2ccccc2)cc1. The fourth-order valence-electron chi connectivity index (χ4n) is 2.51. The van der Waals surface area contributed by atoms with E-state index in [1.54, 1.807) is 12.1 Å². The van der Waals surface area contributed by atoms with Gasteiger partial charge in [0.15, 0.2) is 0 Å². The van der Waals surface area contributed by atoms with Crippen LogP contribution in [0.3, 0.4) is 0 Å². The van der Waals surface area contributed by atoms with Gasteiger partial charge in [-0.2, -0.15) is 5.26 Å². The second-order valence-corrected chi connectivity index (χ2v) is 6.06. The molecule has 2 nitrogen and oxygen atoms in total. The van der Waals surface area contributed by atoms with Crippen LogP contribution in [0.2, 0.25) is 0 Å². The standard InChI is InChI=1S/C20H15NOS/c21-14-23-20(18-10-12-19(22)13-11-18)17-8-6-16(7-9-17)15-4-2-1-3-5-15/h1-13,20,22H. The van der Waals surface area contributed by atoms with Crippen molar-refractivity contribution in [1.82, 2.24) is 0 Å². The highest BCUT2D eigenvalue weighted by Crippen LogP contribution is 2.36. The molecule has 0 aromatic heterocycles. The molecule has 3 aromatic carbocycles. The Labute approximate surface area is 140 Å². The topological polar surface area (TPSA) is 44.0 Å². The lowest BCUT2D eigenvalue weighted by molar-refractivity contribution is 0.475. The first kappa shape index (κ1) is 15.2. The summed E-state index contributed by atoms with van der Waals surface area (Å²) in [6.45, 7) is 0. The van der Waals surface area contributed by atoms with Gasteiger partial charge >= 0.3 is 0 Å². The average Bonchev–Trinajstić information content (AvgIpc) is 2.62. The van der Waals surface area contributed by atoms with Gasteiger partial charge in [-0.1, -0.05) is 66.7 Å². The maximum atomic E-state index is 9.43. The number of phenols is 1. The Morgan fingerprint density at radius 3 is 1.83 bits per heavy atom. The molecule has 0 aliphatic carbocycles. The van der Waals surface area contributed by atoms with Gasteiger partial charge in [-0.3, -0.25) is 0 Å². The third-order valence-electron chi connectivity index (χ3n) is 3.69. The molecule has 0 aliphatic rings. The minimum atomic E-state index is -0.0644. The second-order valence-electron chi connectivity index (χ2n) is 5.17. The molecule has 23 heavy (non-hydrogen) atoms. The predicted molar refractivity (Wildman–Crippen MR) is 95.0 cm³/mol. The van der Waals surface area contributed by atoms with E-state index in [4.69, 9.17) is 5.26 Å². The van der Waals surface area contributed by atoms with Gasteiger partial charge in [-0.25, -0.2) is 0 Å². The summed E-state index contributed by atoms with van der Waals surface area (Å²) in [5.74, 6) is 0.230. The fourth-order valence-corrected chi connectivity index (χ4v) is 3.20. The highest BCUT2D eigenvalue weighted by molar-refractivity contribution is 8.04. The molecule has 0 saturated carbocycles. The van der Waals surface area contributed by atoms with Crippen molar-refractivity contribution in [3.05, 3.63) is 90.0 Å². The summed E-state index contributed by atoms with van der Waals surface area (Å²) in [5.41, 5.74) is 4.40. The zero-order valence-electron chi connectivity index (χ0n) is 12.4. The van der Waals surface area contributed by atoms with E-state index in [1.807, 2.05) is 30.3 Å². The number of phenolic OH excluding ortho intramolecular Hbond substituents is 1. The number of nitrogens with zero attached hydrogens (tertiary/aromatic N) is 1. The number of thioether (sulfide) groups is 1. The maximum Gasteiger partial charge on any atom is 0.134 e. The molecule has 1 unspecified atom stereocenters. The minimum absolute atomic E-state index is 0.0644. The molecule has 0 heterocycles. The van der Waals surface area contributed by atoms with Crippen LogP contribution in [-0.4, -0.2) is 5.11 Å². The summed E-state index contributed by atoms with van der Waals surface area (Å²) in [7, 11) is 0. The molecule has 3 aromatic rings. The van der Waals surface area contributed by atoms with Crippen molar-refractivity contribution < 1.29 is 5.11 Å². The number of benzene rings is 3. The maximum absolute atomic E-state index is 9.43. The summed E-state index contributed by atoms with van der Waals surface area (Å²) in [6.07, 6.45) is 0. The predicted octanol–water partition coefficient (Wildman–Crippen LogP) is 5.36. The third-order valence-corrected chi connectivity index (χ3v) is 4.57. The van der Waals surface area contributed by atoms with E-state index >= 15 is 0 Å². The van der Waals surface area contributed by atoms with E-state index < -0.39 is 0 Å². The molecule has 0 spiro atoms. The number of hydrogen-bond acceptors (Lipinski definition) is 3. The van der Waals surface area contributed by atoms with Crippen molar-refractivity contribution >= 4 is 11.8 Å². The molecule has 0 bridgehead atoms. The van der Waals surface area contributed by atoms with Crippen molar-refractivity contribution in [3.63, 3.8) is 0 Å². The number of nitriles is 1.